The van der Waals surface area contributed by atoms with E-state index in [4.69, 9.17) is 0 Å². The van der Waals surface area contributed by atoms with Gasteiger partial charge in [-0.2, -0.15) is 0 Å². The Morgan fingerprint density at radius 2 is 2.00 bits per heavy atom. The molecule has 0 bridgehead atoms. The minimum absolute atomic E-state index is 0.260. The number of rotatable bonds is 7. The molecule has 0 aliphatic heterocycles. The number of hydrogen-bond acceptors (Lipinski definition) is 4. The lowest BCUT2D eigenvalue weighted by molar-refractivity contribution is -0.141. The van der Waals surface area contributed by atoms with E-state index >= 15 is 0 Å². The molecule has 106 valence electrons. The first kappa shape index (κ1) is 15.7. The standard InChI is InChI=1S/C15H23NO3/c1-12-4-6-13(7-5-12)10-16(2)11-14(17)8-9-15(18)19-3/h4-7,14,17H,8-11H2,1-3H3. The molecule has 0 spiro atoms. The Labute approximate surface area is 115 Å². The summed E-state index contributed by atoms with van der Waals surface area (Å²) in [4.78, 5) is 13.0. The van der Waals surface area contributed by atoms with Crippen LogP contribution in [0, 0.1) is 6.92 Å². The highest BCUT2D eigenvalue weighted by molar-refractivity contribution is 5.69. The van der Waals surface area contributed by atoms with E-state index in [0.717, 1.165) is 6.54 Å². The molecule has 1 aromatic carbocycles. The maximum absolute atomic E-state index is 11.0. The van der Waals surface area contributed by atoms with Crippen molar-refractivity contribution in [3.05, 3.63) is 35.4 Å². The second-order valence-electron chi connectivity index (χ2n) is 4.95. The number of nitrogens with zero attached hydrogens (tertiary/aromatic N) is 1. The normalized spacial score (nSPS) is 12.5. The van der Waals surface area contributed by atoms with Crippen molar-refractivity contribution in [3.8, 4) is 0 Å². The Balaban J connectivity index is 2.32. The van der Waals surface area contributed by atoms with Crippen molar-refractivity contribution in [1.82, 2.24) is 4.90 Å². The van der Waals surface area contributed by atoms with Crippen LogP contribution in [0.2, 0.25) is 0 Å². The number of methoxy groups -OCH3 is 1. The molecule has 0 amide bonds. The van der Waals surface area contributed by atoms with E-state index in [1.165, 1.54) is 18.2 Å². The first-order valence-electron chi connectivity index (χ1n) is 6.50. The van der Waals surface area contributed by atoms with Gasteiger partial charge in [-0.1, -0.05) is 29.8 Å². The molecule has 0 radical (unpaired) electrons. The Morgan fingerprint density at radius 1 is 1.37 bits per heavy atom. The van der Waals surface area contributed by atoms with Gasteiger partial charge in [0, 0.05) is 19.5 Å². The maximum Gasteiger partial charge on any atom is 0.305 e. The zero-order valence-electron chi connectivity index (χ0n) is 11.9. The first-order valence-corrected chi connectivity index (χ1v) is 6.50. The minimum atomic E-state index is -0.505. The van der Waals surface area contributed by atoms with Gasteiger partial charge in [-0.15, -0.1) is 0 Å². The summed E-state index contributed by atoms with van der Waals surface area (Å²) in [7, 11) is 3.32. The van der Waals surface area contributed by atoms with Crippen LogP contribution >= 0.6 is 0 Å². The van der Waals surface area contributed by atoms with E-state index in [9.17, 15) is 9.90 Å². The summed E-state index contributed by atoms with van der Waals surface area (Å²) < 4.78 is 4.55. The Kier molecular flexibility index (Phi) is 6.53. The number of hydrogen-bond donors (Lipinski definition) is 1. The molecule has 0 heterocycles. The fourth-order valence-electron chi connectivity index (χ4n) is 1.91. The van der Waals surface area contributed by atoms with Gasteiger partial charge in [0.1, 0.15) is 0 Å². The summed E-state index contributed by atoms with van der Waals surface area (Å²) in [5.41, 5.74) is 2.46. The van der Waals surface area contributed by atoms with Crippen LogP contribution < -0.4 is 0 Å². The molecule has 4 nitrogen and oxygen atoms in total. The van der Waals surface area contributed by atoms with Gasteiger partial charge in [0.05, 0.1) is 13.2 Å². The molecule has 0 aliphatic carbocycles. The molecule has 1 atom stereocenters. The lowest BCUT2D eigenvalue weighted by atomic mass is 10.1. The lowest BCUT2D eigenvalue weighted by Gasteiger charge is -2.20. The van der Waals surface area contributed by atoms with Crippen molar-refractivity contribution < 1.29 is 14.6 Å². The zero-order chi connectivity index (χ0) is 14.3. The minimum Gasteiger partial charge on any atom is -0.469 e. The number of likely N-dealkylation sites (N-methyl/N-ethyl adjacent to an activating group) is 1. The third-order valence-electron chi connectivity index (χ3n) is 3.00. The molecule has 0 aliphatic rings. The molecule has 1 unspecified atom stereocenters. The van der Waals surface area contributed by atoms with Crippen molar-refractivity contribution in [3.63, 3.8) is 0 Å². The number of aliphatic hydroxyl groups excluding tert-OH is 1. The Bertz CT molecular complexity index is 389. The first-order chi connectivity index (χ1) is 9.01. The Hall–Kier alpha value is -1.39. The van der Waals surface area contributed by atoms with Crippen LogP contribution in [0.4, 0.5) is 0 Å². The van der Waals surface area contributed by atoms with Crippen LogP contribution in [-0.2, 0) is 16.1 Å². The van der Waals surface area contributed by atoms with Crippen LogP contribution in [0.15, 0.2) is 24.3 Å². The molecule has 0 aromatic heterocycles. The molecule has 1 rings (SSSR count). The van der Waals surface area contributed by atoms with Crippen molar-refractivity contribution in [2.24, 2.45) is 0 Å². The van der Waals surface area contributed by atoms with Crippen LogP contribution in [0.25, 0.3) is 0 Å². The van der Waals surface area contributed by atoms with E-state index < -0.39 is 6.10 Å². The zero-order valence-corrected chi connectivity index (χ0v) is 11.9. The second-order valence-corrected chi connectivity index (χ2v) is 4.95. The molecule has 19 heavy (non-hydrogen) atoms. The number of benzene rings is 1. The third kappa shape index (κ3) is 6.36. The fraction of sp³-hybridized carbons (Fsp3) is 0.533. The number of carbonyl (C=O) groups is 1. The van der Waals surface area contributed by atoms with Gasteiger partial charge in [-0.25, -0.2) is 0 Å². The fourth-order valence-corrected chi connectivity index (χ4v) is 1.91. The van der Waals surface area contributed by atoms with E-state index in [1.807, 2.05) is 11.9 Å². The largest absolute Gasteiger partial charge is 0.469 e. The van der Waals surface area contributed by atoms with Crippen LogP contribution in [0.5, 0.6) is 0 Å². The molecule has 0 saturated heterocycles. The lowest BCUT2D eigenvalue weighted by Crippen LogP contribution is -2.29. The quantitative estimate of drug-likeness (QED) is 0.763. The average molecular weight is 265 g/mol. The number of carbonyl (C=O) groups excluding carboxylic acids is 1. The number of ether oxygens (including phenoxy) is 1. The highest BCUT2D eigenvalue weighted by Gasteiger charge is 2.11. The van der Waals surface area contributed by atoms with E-state index in [2.05, 4.69) is 35.9 Å². The number of aliphatic hydroxyl groups is 1. The van der Waals surface area contributed by atoms with Gasteiger partial charge in [0.25, 0.3) is 0 Å². The summed E-state index contributed by atoms with van der Waals surface area (Å²) >= 11 is 0. The summed E-state index contributed by atoms with van der Waals surface area (Å²) in [5, 5.41) is 9.84. The molecule has 4 heteroatoms. The SMILES string of the molecule is COC(=O)CCC(O)CN(C)Cc1ccc(C)cc1. The van der Waals surface area contributed by atoms with Crippen molar-refractivity contribution in [2.75, 3.05) is 20.7 Å². The van der Waals surface area contributed by atoms with Gasteiger partial charge in [0.15, 0.2) is 0 Å². The van der Waals surface area contributed by atoms with Gasteiger partial charge >= 0.3 is 5.97 Å². The average Bonchev–Trinajstić information content (AvgIpc) is 2.38. The van der Waals surface area contributed by atoms with E-state index in [1.54, 1.807) is 0 Å². The smallest absolute Gasteiger partial charge is 0.305 e. The summed E-state index contributed by atoms with van der Waals surface area (Å²) in [5.74, 6) is -0.278. The summed E-state index contributed by atoms with van der Waals surface area (Å²) in [6.07, 6.45) is 0.190. The second kappa shape index (κ2) is 7.92. The van der Waals surface area contributed by atoms with Crippen LogP contribution in [0.1, 0.15) is 24.0 Å². The predicted octanol–water partition coefficient (Wildman–Crippen LogP) is 1.74. The molecular formula is C15H23NO3. The van der Waals surface area contributed by atoms with Gasteiger partial charge in [-0.3, -0.25) is 9.69 Å². The molecular weight excluding hydrogens is 242 g/mol. The Morgan fingerprint density at radius 3 is 2.58 bits per heavy atom. The van der Waals surface area contributed by atoms with E-state index in [-0.39, 0.29) is 12.4 Å². The summed E-state index contributed by atoms with van der Waals surface area (Å²) in [6.45, 7) is 3.39. The molecule has 0 fully saturated rings. The maximum atomic E-state index is 11.0. The van der Waals surface area contributed by atoms with Crippen molar-refractivity contribution in [2.45, 2.75) is 32.4 Å². The van der Waals surface area contributed by atoms with Crippen LogP contribution in [0.3, 0.4) is 0 Å². The van der Waals surface area contributed by atoms with Crippen LogP contribution in [-0.4, -0.2) is 42.8 Å². The van der Waals surface area contributed by atoms with E-state index in [0.29, 0.717) is 13.0 Å². The van der Waals surface area contributed by atoms with Crippen molar-refractivity contribution in [1.29, 1.82) is 0 Å². The highest BCUT2D eigenvalue weighted by atomic mass is 16.5. The number of esters is 1. The molecule has 1 aromatic rings. The number of aryl methyl sites for hydroxylation is 1. The van der Waals surface area contributed by atoms with Gasteiger partial charge in [0.2, 0.25) is 0 Å². The monoisotopic (exact) mass is 265 g/mol. The molecule has 1 N–H and O–H groups in total. The predicted molar refractivity (Wildman–Crippen MR) is 74.8 cm³/mol. The van der Waals surface area contributed by atoms with Crippen molar-refractivity contribution >= 4 is 5.97 Å². The highest BCUT2D eigenvalue weighted by Crippen LogP contribution is 2.07. The summed E-state index contributed by atoms with van der Waals surface area (Å²) in [6, 6.07) is 8.34. The topological polar surface area (TPSA) is 49.8 Å². The van der Waals surface area contributed by atoms with Gasteiger partial charge in [-0.05, 0) is 26.0 Å². The van der Waals surface area contributed by atoms with Gasteiger partial charge < -0.3 is 9.84 Å². The third-order valence-corrected chi connectivity index (χ3v) is 3.00. The molecule has 0 saturated carbocycles.